The zero-order valence-corrected chi connectivity index (χ0v) is 9.01. The molecule has 1 aromatic carbocycles. The smallest absolute Gasteiger partial charge is 0.387 e. The lowest BCUT2D eigenvalue weighted by Crippen LogP contribution is -2.08. The van der Waals surface area contributed by atoms with Gasteiger partial charge in [-0.3, -0.25) is 0 Å². The second-order valence-corrected chi connectivity index (χ2v) is 3.18. The summed E-state index contributed by atoms with van der Waals surface area (Å²) in [6.45, 7) is -2.90. The van der Waals surface area contributed by atoms with E-state index in [0.717, 1.165) is 0 Å². The first-order chi connectivity index (χ1) is 7.99. The van der Waals surface area contributed by atoms with Crippen molar-refractivity contribution in [3.63, 3.8) is 0 Å². The Bertz CT molecular complexity index is 411. The molecule has 0 saturated carbocycles. The number of nitrogens with zero attached hydrogens (tertiary/aromatic N) is 2. The van der Waals surface area contributed by atoms with Gasteiger partial charge in [-0.1, -0.05) is 11.6 Å². The maximum atomic E-state index is 11.8. The highest BCUT2D eigenvalue weighted by Crippen LogP contribution is 2.20. The molecule has 1 atom stereocenters. The second kappa shape index (κ2) is 6.09. The molecule has 0 spiro atoms. The fraction of sp³-hybridized carbons (Fsp3) is 0.222. The predicted octanol–water partition coefficient (Wildman–Crippen LogP) is 3.02. The molecule has 0 bridgehead atoms. The standard InChI is InChI=1S/C9H7ClF2N2O3/c10-7(8(15)16)14-13-5-1-3-6(4-2-5)17-9(11)12/h1-4,7,9H,(H,15,16). The molecule has 0 saturated heterocycles. The number of carboxylic acids is 1. The maximum Gasteiger partial charge on any atom is 0.387 e. The summed E-state index contributed by atoms with van der Waals surface area (Å²) < 4.78 is 27.7. The minimum absolute atomic E-state index is 0.0281. The number of ether oxygens (including phenoxy) is 1. The van der Waals surface area contributed by atoms with Crippen molar-refractivity contribution in [2.75, 3.05) is 0 Å². The number of hydrogen-bond donors (Lipinski definition) is 1. The van der Waals surface area contributed by atoms with Gasteiger partial charge in [0.2, 0.25) is 5.50 Å². The lowest BCUT2D eigenvalue weighted by molar-refractivity contribution is -0.136. The SMILES string of the molecule is O=C(O)C(Cl)N=Nc1ccc(OC(F)F)cc1. The molecule has 1 rings (SSSR count). The Morgan fingerprint density at radius 3 is 2.41 bits per heavy atom. The minimum atomic E-state index is -2.90. The Balaban J connectivity index is 2.65. The van der Waals surface area contributed by atoms with Crippen molar-refractivity contribution in [1.82, 2.24) is 0 Å². The van der Waals surface area contributed by atoms with Gasteiger partial charge in [0.15, 0.2) is 0 Å². The van der Waals surface area contributed by atoms with E-state index in [1.165, 1.54) is 24.3 Å². The quantitative estimate of drug-likeness (QED) is 0.505. The molecule has 17 heavy (non-hydrogen) atoms. The van der Waals surface area contributed by atoms with Gasteiger partial charge in [-0.05, 0) is 24.3 Å². The third-order valence-corrected chi connectivity index (χ3v) is 1.81. The first-order valence-electron chi connectivity index (χ1n) is 4.31. The monoisotopic (exact) mass is 264 g/mol. The Morgan fingerprint density at radius 2 is 1.94 bits per heavy atom. The molecule has 0 aromatic heterocycles. The summed E-state index contributed by atoms with van der Waals surface area (Å²) in [6.07, 6.45) is 0. The molecular formula is C9H7ClF2N2O3. The summed E-state index contributed by atoms with van der Waals surface area (Å²) in [7, 11) is 0. The molecule has 1 N–H and O–H groups in total. The molecule has 0 radical (unpaired) electrons. The first kappa shape index (κ1) is 13.3. The number of rotatable bonds is 5. The molecule has 1 unspecified atom stereocenters. The summed E-state index contributed by atoms with van der Waals surface area (Å²) >= 11 is 5.28. The topological polar surface area (TPSA) is 71.2 Å². The van der Waals surface area contributed by atoms with E-state index in [4.69, 9.17) is 16.7 Å². The summed E-state index contributed by atoms with van der Waals surface area (Å²) in [6, 6.07) is 5.19. The third kappa shape index (κ3) is 4.73. The van der Waals surface area contributed by atoms with E-state index in [0.29, 0.717) is 0 Å². The summed E-state index contributed by atoms with van der Waals surface area (Å²) in [5, 5.41) is 15.2. The molecular weight excluding hydrogens is 258 g/mol. The highest BCUT2D eigenvalue weighted by molar-refractivity contribution is 6.29. The lowest BCUT2D eigenvalue weighted by Gasteiger charge is -2.03. The van der Waals surface area contributed by atoms with Gasteiger partial charge in [-0.15, -0.1) is 0 Å². The van der Waals surface area contributed by atoms with E-state index in [9.17, 15) is 13.6 Å². The molecule has 0 aliphatic heterocycles. The van der Waals surface area contributed by atoms with Gasteiger partial charge < -0.3 is 9.84 Å². The van der Waals surface area contributed by atoms with Crippen LogP contribution in [-0.4, -0.2) is 23.2 Å². The summed E-state index contributed by atoms with van der Waals surface area (Å²) in [5.41, 5.74) is -1.20. The number of azo groups is 1. The van der Waals surface area contributed by atoms with Crippen LogP contribution in [0.1, 0.15) is 0 Å². The molecule has 0 amide bonds. The number of carboxylic acid groups (broad SMARTS) is 1. The van der Waals surface area contributed by atoms with Crippen molar-refractivity contribution in [1.29, 1.82) is 0 Å². The highest BCUT2D eigenvalue weighted by atomic mass is 35.5. The van der Waals surface area contributed by atoms with Crippen LogP contribution in [0.3, 0.4) is 0 Å². The Kier molecular flexibility index (Phi) is 4.77. The number of alkyl halides is 3. The average Bonchev–Trinajstić information content (AvgIpc) is 2.26. The van der Waals surface area contributed by atoms with Gasteiger partial charge in [-0.25, -0.2) is 4.79 Å². The zero-order chi connectivity index (χ0) is 12.8. The van der Waals surface area contributed by atoms with Crippen molar-refractivity contribution in [2.45, 2.75) is 12.1 Å². The molecule has 5 nitrogen and oxygen atoms in total. The highest BCUT2D eigenvalue weighted by Gasteiger charge is 2.10. The van der Waals surface area contributed by atoms with E-state index in [1.54, 1.807) is 0 Å². The number of carbonyl (C=O) groups is 1. The number of aliphatic carboxylic acids is 1. The third-order valence-electron chi connectivity index (χ3n) is 1.54. The van der Waals surface area contributed by atoms with E-state index in [2.05, 4.69) is 15.0 Å². The van der Waals surface area contributed by atoms with E-state index >= 15 is 0 Å². The molecule has 0 heterocycles. The fourth-order valence-electron chi connectivity index (χ4n) is 0.861. The summed E-state index contributed by atoms with van der Waals surface area (Å²) in [4.78, 5) is 10.3. The first-order valence-corrected chi connectivity index (χ1v) is 4.75. The van der Waals surface area contributed by atoms with Crippen molar-refractivity contribution in [3.05, 3.63) is 24.3 Å². The molecule has 0 fully saturated rings. The van der Waals surface area contributed by atoms with Gasteiger partial charge in [0.05, 0.1) is 5.69 Å². The van der Waals surface area contributed by atoms with Crippen molar-refractivity contribution >= 4 is 23.3 Å². The van der Waals surface area contributed by atoms with Crippen LogP contribution < -0.4 is 4.74 Å². The maximum absolute atomic E-state index is 11.8. The Hall–Kier alpha value is -1.76. The van der Waals surface area contributed by atoms with Crippen LogP contribution in [0.25, 0.3) is 0 Å². The van der Waals surface area contributed by atoms with Gasteiger partial charge in [0.25, 0.3) is 0 Å². The van der Waals surface area contributed by atoms with Crippen LogP contribution >= 0.6 is 11.6 Å². The van der Waals surface area contributed by atoms with Gasteiger partial charge in [-0.2, -0.15) is 19.0 Å². The van der Waals surface area contributed by atoms with Crippen molar-refractivity contribution in [2.24, 2.45) is 10.2 Å². The normalized spacial score (nSPS) is 12.9. The van der Waals surface area contributed by atoms with Crippen LogP contribution in [0.2, 0.25) is 0 Å². The zero-order valence-electron chi connectivity index (χ0n) is 8.26. The van der Waals surface area contributed by atoms with Crippen LogP contribution in [0, 0.1) is 0 Å². The van der Waals surface area contributed by atoms with E-state index in [-0.39, 0.29) is 11.4 Å². The molecule has 0 aliphatic rings. The predicted molar refractivity (Wildman–Crippen MR) is 54.9 cm³/mol. The van der Waals surface area contributed by atoms with Crippen LogP contribution in [0.5, 0.6) is 5.75 Å². The van der Waals surface area contributed by atoms with Crippen LogP contribution in [0.4, 0.5) is 14.5 Å². The average molecular weight is 265 g/mol. The van der Waals surface area contributed by atoms with Crippen molar-refractivity contribution < 1.29 is 23.4 Å². The fourth-order valence-corrected chi connectivity index (χ4v) is 0.905. The number of benzene rings is 1. The van der Waals surface area contributed by atoms with Gasteiger partial charge in [0, 0.05) is 0 Å². The van der Waals surface area contributed by atoms with Gasteiger partial charge >= 0.3 is 12.6 Å². The van der Waals surface area contributed by atoms with Crippen LogP contribution in [-0.2, 0) is 4.79 Å². The molecule has 1 aromatic rings. The van der Waals surface area contributed by atoms with Crippen molar-refractivity contribution in [3.8, 4) is 5.75 Å². The Labute approximate surface area is 99.7 Å². The van der Waals surface area contributed by atoms with E-state index < -0.39 is 18.1 Å². The van der Waals surface area contributed by atoms with Crippen LogP contribution in [0.15, 0.2) is 34.5 Å². The number of hydrogen-bond acceptors (Lipinski definition) is 4. The Morgan fingerprint density at radius 1 is 1.35 bits per heavy atom. The van der Waals surface area contributed by atoms with E-state index in [1.807, 2.05) is 0 Å². The molecule has 92 valence electrons. The van der Waals surface area contributed by atoms with Gasteiger partial charge in [0.1, 0.15) is 5.75 Å². The molecule has 0 aliphatic carbocycles. The lowest BCUT2D eigenvalue weighted by atomic mass is 10.3. The minimum Gasteiger partial charge on any atom is -0.479 e. The molecule has 8 heteroatoms. The number of halogens is 3. The summed E-state index contributed by atoms with van der Waals surface area (Å²) in [5.74, 6) is -1.35. The largest absolute Gasteiger partial charge is 0.479 e. The second-order valence-electron chi connectivity index (χ2n) is 2.76.